The minimum Gasteiger partial charge on any atom is -0.374 e. The highest BCUT2D eigenvalue weighted by Crippen LogP contribution is 2.18. The third kappa shape index (κ3) is 2.69. The highest BCUT2D eigenvalue weighted by Gasteiger charge is 2.29. The fourth-order valence-corrected chi connectivity index (χ4v) is 2.60. The van der Waals surface area contributed by atoms with Crippen LogP contribution in [-0.2, 0) is 4.74 Å². The van der Waals surface area contributed by atoms with E-state index in [-0.39, 0.29) is 0 Å². The van der Waals surface area contributed by atoms with Gasteiger partial charge in [0.05, 0.1) is 12.7 Å². The lowest BCUT2D eigenvalue weighted by atomic mass is 10.0. The summed E-state index contributed by atoms with van der Waals surface area (Å²) in [5.74, 6) is 0.872. The van der Waals surface area contributed by atoms with Gasteiger partial charge in [0.25, 0.3) is 0 Å². The zero-order chi connectivity index (χ0) is 9.97. The minimum absolute atomic E-state index is 0.435. The van der Waals surface area contributed by atoms with Crippen molar-refractivity contribution in [2.45, 2.75) is 6.10 Å². The average molecular weight is 263 g/mol. The van der Waals surface area contributed by atoms with Crippen LogP contribution in [0.2, 0.25) is 0 Å². The van der Waals surface area contributed by atoms with Crippen LogP contribution in [0.4, 0.5) is 0 Å². The van der Waals surface area contributed by atoms with Crippen molar-refractivity contribution in [3.05, 3.63) is 0 Å². The summed E-state index contributed by atoms with van der Waals surface area (Å²) in [5.41, 5.74) is 0. The number of halogens is 1. The van der Waals surface area contributed by atoms with Gasteiger partial charge in [-0.15, -0.1) is 0 Å². The molecule has 4 heteroatoms. The molecular formula is C10H19BrN2O. The Morgan fingerprint density at radius 2 is 2.14 bits per heavy atom. The summed E-state index contributed by atoms with van der Waals surface area (Å²) in [4.78, 5) is 4.85. The Balaban J connectivity index is 1.66. The number of ether oxygens (including phenoxy) is 1. The number of hydrogen-bond donors (Lipinski definition) is 0. The maximum atomic E-state index is 5.73. The number of morpholine rings is 1. The molecule has 82 valence electrons. The van der Waals surface area contributed by atoms with Crippen molar-refractivity contribution in [2.24, 2.45) is 5.92 Å². The fourth-order valence-electron chi connectivity index (χ4n) is 2.19. The van der Waals surface area contributed by atoms with Crippen LogP contribution in [0, 0.1) is 5.92 Å². The van der Waals surface area contributed by atoms with Gasteiger partial charge >= 0.3 is 0 Å². The van der Waals surface area contributed by atoms with Crippen LogP contribution in [0.5, 0.6) is 0 Å². The summed E-state index contributed by atoms with van der Waals surface area (Å²) in [6, 6.07) is 0. The molecule has 0 saturated carbocycles. The van der Waals surface area contributed by atoms with Gasteiger partial charge in [0.15, 0.2) is 0 Å². The lowest BCUT2D eigenvalue weighted by Crippen LogP contribution is -2.53. The highest BCUT2D eigenvalue weighted by molar-refractivity contribution is 9.09. The van der Waals surface area contributed by atoms with E-state index in [0.717, 1.165) is 37.5 Å². The molecule has 2 aliphatic rings. The highest BCUT2D eigenvalue weighted by atomic mass is 79.9. The van der Waals surface area contributed by atoms with E-state index in [1.165, 1.54) is 13.1 Å². The molecule has 0 N–H and O–H groups in total. The number of alkyl halides is 1. The molecule has 2 rings (SSSR count). The summed E-state index contributed by atoms with van der Waals surface area (Å²) in [5, 5.41) is 1.15. The van der Waals surface area contributed by atoms with Crippen molar-refractivity contribution >= 4 is 15.9 Å². The van der Waals surface area contributed by atoms with Gasteiger partial charge < -0.3 is 14.5 Å². The van der Waals surface area contributed by atoms with Gasteiger partial charge in [0.2, 0.25) is 0 Å². The van der Waals surface area contributed by atoms with Crippen molar-refractivity contribution in [2.75, 3.05) is 51.7 Å². The zero-order valence-electron chi connectivity index (χ0n) is 8.79. The average Bonchev–Trinajstić information content (AvgIpc) is 2.10. The standard InChI is InChI=1S/C10H19BrN2O/c1-12-2-3-14-10(7-12)8-13-5-9(4-11)6-13/h9-10H,2-8H2,1H3. The first-order valence-electron chi connectivity index (χ1n) is 5.36. The van der Waals surface area contributed by atoms with Crippen LogP contribution in [-0.4, -0.2) is 67.6 Å². The Morgan fingerprint density at radius 1 is 1.36 bits per heavy atom. The van der Waals surface area contributed by atoms with Gasteiger partial charge in [-0.05, 0) is 13.0 Å². The molecule has 0 bridgehead atoms. The van der Waals surface area contributed by atoms with Crippen LogP contribution >= 0.6 is 15.9 Å². The molecule has 3 nitrogen and oxygen atoms in total. The molecule has 2 aliphatic heterocycles. The number of likely N-dealkylation sites (N-methyl/N-ethyl adjacent to an activating group) is 1. The number of hydrogen-bond acceptors (Lipinski definition) is 3. The largest absolute Gasteiger partial charge is 0.374 e. The molecule has 14 heavy (non-hydrogen) atoms. The monoisotopic (exact) mass is 262 g/mol. The summed E-state index contributed by atoms with van der Waals surface area (Å²) < 4.78 is 5.73. The lowest BCUT2D eigenvalue weighted by molar-refractivity contribution is -0.0505. The Hall–Kier alpha value is 0.360. The van der Waals surface area contributed by atoms with Crippen molar-refractivity contribution < 1.29 is 4.74 Å². The molecule has 0 aliphatic carbocycles. The summed E-state index contributed by atoms with van der Waals surface area (Å²) in [7, 11) is 2.17. The molecule has 1 atom stereocenters. The maximum Gasteiger partial charge on any atom is 0.0829 e. The fraction of sp³-hybridized carbons (Fsp3) is 1.00. The molecule has 1 unspecified atom stereocenters. The molecule has 0 aromatic rings. The zero-order valence-corrected chi connectivity index (χ0v) is 10.4. The quantitative estimate of drug-likeness (QED) is 0.695. The second-order valence-electron chi connectivity index (χ2n) is 4.49. The van der Waals surface area contributed by atoms with Gasteiger partial charge in [0, 0.05) is 38.1 Å². The first-order chi connectivity index (χ1) is 6.78. The van der Waals surface area contributed by atoms with Gasteiger partial charge in [0.1, 0.15) is 0 Å². The van der Waals surface area contributed by atoms with Crippen molar-refractivity contribution in [1.29, 1.82) is 0 Å². The van der Waals surface area contributed by atoms with Crippen LogP contribution < -0.4 is 0 Å². The van der Waals surface area contributed by atoms with E-state index in [2.05, 4.69) is 32.8 Å². The first kappa shape index (κ1) is 10.9. The predicted molar refractivity (Wildman–Crippen MR) is 61.0 cm³/mol. The second kappa shape index (κ2) is 4.92. The second-order valence-corrected chi connectivity index (χ2v) is 5.14. The Kier molecular flexibility index (Phi) is 3.82. The van der Waals surface area contributed by atoms with Crippen LogP contribution in [0.1, 0.15) is 0 Å². The normalized spacial score (nSPS) is 31.7. The first-order valence-corrected chi connectivity index (χ1v) is 6.48. The Bertz CT molecular complexity index is 185. The summed E-state index contributed by atoms with van der Waals surface area (Å²) in [6.45, 7) is 6.68. The molecule has 0 spiro atoms. The molecule has 2 saturated heterocycles. The molecule has 0 amide bonds. The number of nitrogens with zero attached hydrogens (tertiary/aromatic N) is 2. The molecule has 2 heterocycles. The van der Waals surface area contributed by atoms with E-state index >= 15 is 0 Å². The Morgan fingerprint density at radius 3 is 2.79 bits per heavy atom. The van der Waals surface area contributed by atoms with E-state index < -0.39 is 0 Å². The number of rotatable bonds is 3. The number of likely N-dealkylation sites (tertiary alicyclic amines) is 1. The van der Waals surface area contributed by atoms with Gasteiger partial charge in [-0.25, -0.2) is 0 Å². The van der Waals surface area contributed by atoms with Gasteiger partial charge in [-0.1, -0.05) is 15.9 Å². The third-order valence-electron chi connectivity index (χ3n) is 3.05. The smallest absolute Gasteiger partial charge is 0.0829 e. The predicted octanol–water partition coefficient (Wildman–Crippen LogP) is 0.644. The molecule has 0 aromatic heterocycles. The molecule has 0 aromatic carbocycles. The summed E-state index contributed by atoms with van der Waals surface area (Å²) >= 11 is 3.52. The molecular weight excluding hydrogens is 244 g/mol. The maximum absolute atomic E-state index is 5.73. The Labute approximate surface area is 94.5 Å². The van der Waals surface area contributed by atoms with Crippen molar-refractivity contribution in [3.63, 3.8) is 0 Å². The topological polar surface area (TPSA) is 15.7 Å². The SMILES string of the molecule is CN1CCOC(CN2CC(CBr)C2)C1. The van der Waals surface area contributed by atoms with Crippen LogP contribution in [0.15, 0.2) is 0 Å². The van der Waals surface area contributed by atoms with Crippen LogP contribution in [0.25, 0.3) is 0 Å². The summed E-state index contributed by atoms with van der Waals surface area (Å²) in [6.07, 6.45) is 0.435. The van der Waals surface area contributed by atoms with Crippen molar-refractivity contribution in [1.82, 2.24) is 9.80 Å². The van der Waals surface area contributed by atoms with E-state index in [1.807, 2.05) is 0 Å². The molecule has 0 radical (unpaired) electrons. The minimum atomic E-state index is 0.435. The van der Waals surface area contributed by atoms with E-state index in [1.54, 1.807) is 0 Å². The van der Waals surface area contributed by atoms with E-state index in [4.69, 9.17) is 4.74 Å². The van der Waals surface area contributed by atoms with E-state index in [0.29, 0.717) is 6.10 Å². The van der Waals surface area contributed by atoms with Gasteiger partial charge in [-0.2, -0.15) is 0 Å². The third-order valence-corrected chi connectivity index (χ3v) is 3.97. The van der Waals surface area contributed by atoms with Gasteiger partial charge in [-0.3, -0.25) is 0 Å². The van der Waals surface area contributed by atoms with E-state index in [9.17, 15) is 0 Å². The molecule has 2 fully saturated rings. The van der Waals surface area contributed by atoms with Crippen molar-refractivity contribution in [3.8, 4) is 0 Å². The van der Waals surface area contributed by atoms with Crippen LogP contribution in [0.3, 0.4) is 0 Å². The lowest BCUT2D eigenvalue weighted by Gasteiger charge is -2.42.